The van der Waals surface area contributed by atoms with Gasteiger partial charge in [0.15, 0.2) is 0 Å². The summed E-state index contributed by atoms with van der Waals surface area (Å²) in [6, 6.07) is 5.74. The van der Waals surface area contributed by atoms with Crippen LogP contribution in [0.2, 0.25) is 0 Å². The summed E-state index contributed by atoms with van der Waals surface area (Å²) in [5, 5.41) is 0. The molecule has 1 aromatic rings. The van der Waals surface area contributed by atoms with E-state index in [0.717, 1.165) is 31.5 Å². The lowest BCUT2D eigenvalue weighted by Gasteiger charge is -2.26. The first-order chi connectivity index (χ1) is 12.4. The highest BCUT2D eigenvalue weighted by molar-refractivity contribution is 5.99. The fourth-order valence-electron chi connectivity index (χ4n) is 3.81. The van der Waals surface area contributed by atoms with Crippen molar-refractivity contribution in [2.75, 3.05) is 32.8 Å². The molecule has 0 atom stereocenters. The second kappa shape index (κ2) is 7.68. The molecule has 5 nitrogen and oxygen atoms in total. The maximum absolute atomic E-state index is 13.1. The van der Waals surface area contributed by atoms with E-state index in [9.17, 15) is 9.59 Å². The molecule has 0 saturated carbocycles. The maximum Gasteiger partial charge on any atom is 0.258 e. The molecule has 2 aliphatic rings. The smallest absolute Gasteiger partial charge is 0.258 e. The van der Waals surface area contributed by atoms with Crippen LogP contribution in [0.1, 0.15) is 62.4 Å². The SMILES string of the molecule is CCN(CC(=O)N1CCCCCC1)C(=O)c1cccc2c1OCC2(C)C. The van der Waals surface area contributed by atoms with Gasteiger partial charge in [0, 0.05) is 30.6 Å². The minimum Gasteiger partial charge on any atom is -0.492 e. The Kier molecular flexibility index (Phi) is 5.54. The summed E-state index contributed by atoms with van der Waals surface area (Å²) in [6.07, 6.45) is 4.48. The molecular formula is C21H30N2O3. The number of para-hydroxylation sites is 1. The molecule has 1 aromatic carbocycles. The first-order valence-corrected chi connectivity index (χ1v) is 9.77. The van der Waals surface area contributed by atoms with Crippen molar-refractivity contribution in [3.8, 4) is 5.75 Å². The number of likely N-dealkylation sites (N-methyl/N-ethyl adjacent to an activating group) is 1. The summed E-state index contributed by atoms with van der Waals surface area (Å²) < 4.78 is 5.86. The molecule has 3 rings (SSSR count). The minimum absolute atomic E-state index is 0.0518. The van der Waals surface area contributed by atoms with E-state index in [-0.39, 0.29) is 23.8 Å². The van der Waals surface area contributed by atoms with Gasteiger partial charge in [-0.25, -0.2) is 0 Å². The average Bonchev–Trinajstić information content (AvgIpc) is 2.82. The third-order valence-corrected chi connectivity index (χ3v) is 5.51. The predicted molar refractivity (Wildman–Crippen MR) is 102 cm³/mol. The van der Waals surface area contributed by atoms with Crippen molar-refractivity contribution in [2.45, 2.75) is 51.9 Å². The fraction of sp³-hybridized carbons (Fsp3) is 0.619. The molecule has 0 spiro atoms. The van der Waals surface area contributed by atoms with E-state index in [0.29, 0.717) is 24.5 Å². The quantitative estimate of drug-likeness (QED) is 0.830. The number of nitrogens with zero attached hydrogens (tertiary/aromatic N) is 2. The van der Waals surface area contributed by atoms with Crippen molar-refractivity contribution in [1.29, 1.82) is 0 Å². The summed E-state index contributed by atoms with van der Waals surface area (Å²) >= 11 is 0. The number of amides is 2. The largest absolute Gasteiger partial charge is 0.492 e. The first-order valence-electron chi connectivity index (χ1n) is 9.77. The van der Waals surface area contributed by atoms with Gasteiger partial charge in [-0.2, -0.15) is 0 Å². The average molecular weight is 358 g/mol. The normalized spacial score (nSPS) is 18.7. The highest BCUT2D eigenvalue weighted by atomic mass is 16.5. The Bertz CT molecular complexity index is 676. The Balaban J connectivity index is 1.76. The van der Waals surface area contributed by atoms with Gasteiger partial charge >= 0.3 is 0 Å². The van der Waals surface area contributed by atoms with Crippen molar-refractivity contribution < 1.29 is 14.3 Å². The third-order valence-electron chi connectivity index (χ3n) is 5.51. The number of likely N-dealkylation sites (tertiary alicyclic amines) is 1. The topological polar surface area (TPSA) is 49.9 Å². The summed E-state index contributed by atoms with van der Waals surface area (Å²) in [7, 11) is 0. The van der Waals surface area contributed by atoms with Crippen molar-refractivity contribution >= 4 is 11.8 Å². The Morgan fingerprint density at radius 1 is 1.15 bits per heavy atom. The van der Waals surface area contributed by atoms with Crippen LogP contribution in [0.4, 0.5) is 0 Å². The Morgan fingerprint density at radius 2 is 1.85 bits per heavy atom. The van der Waals surface area contributed by atoms with Crippen LogP contribution >= 0.6 is 0 Å². The molecule has 0 radical (unpaired) electrons. The van der Waals surface area contributed by atoms with E-state index in [1.54, 1.807) is 4.90 Å². The van der Waals surface area contributed by atoms with E-state index in [2.05, 4.69) is 13.8 Å². The van der Waals surface area contributed by atoms with E-state index in [1.807, 2.05) is 30.0 Å². The van der Waals surface area contributed by atoms with Crippen LogP contribution in [0, 0.1) is 0 Å². The molecule has 1 saturated heterocycles. The second-order valence-electron chi connectivity index (χ2n) is 7.97. The zero-order valence-corrected chi connectivity index (χ0v) is 16.2. The number of benzene rings is 1. The van der Waals surface area contributed by atoms with Gasteiger partial charge in [-0.05, 0) is 25.8 Å². The number of hydrogen-bond donors (Lipinski definition) is 0. The van der Waals surface area contributed by atoms with Crippen molar-refractivity contribution in [1.82, 2.24) is 9.80 Å². The van der Waals surface area contributed by atoms with Gasteiger partial charge in [0.1, 0.15) is 12.3 Å². The summed E-state index contributed by atoms with van der Waals surface area (Å²) in [5.74, 6) is 0.615. The van der Waals surface area contributed by atoms with Gasteiger partial charge in [0.2, 0.25) is 5.91 Å². The lowest BCUT2D eigenvalue weighted by molar-refractivity contribution is -0.131. The van der Waals surface area contributed by atoms with Crippen LogP contribution < -0.4 is 4.74 Å². The number of ether oxygens (including phenoxy) is 1. The molecule has 2 amide bonds. The van der Waals surface area contributed by atoms with Gasteiger partial charge in [0.25, 0.3) is 5.91 Å². The molecular weight excluding hydrogens is 328 g/mol. The highest BCUT2D eigenvalue weighted by Gasteiger charge is 2.35. The molecule has 0 unspecified atom stereocenters. The van der Waals surface area contributed by atoms with Crippen LogP contribution in [-0.2, 0) is 10.2 Å². The molecule has 0 aromatic heterocycles. The summed E-state index contributed by atoms with van der Waals surface area (Å²) in [6.45, 7) is 8.99. The molecule has 2 aliphatic heterocycles. The molecule has 1 fully saturated rings. The molecule has 0 bridgehead atoms. The second-order valence-corrected chi connectivity index (χ2v) is 7.97. The Labute approximate surface area is 156 Å². The molecule has 5 heteroatoms. The van der Waals surface area contributed by atoms with Gasteiger partial charge in [-0.15, -0.1) is 0 Å². The van der Waals surface area contributed by atoms with Crippen molar-refractivity contribution in [2.24, 2.45) is 0 Å². The predicted octanol–water partition coefficient (Wildman–Crippen LogP) is 3.22. The third kappa shape index (κ3) is 3.71. The van der Waals surface area contributed by atoms with E-state index in [4.69, 9.17) is 4.74 Å². The van der Waals surface area contributed by atoms with Crippen molar-refractivity contribution in [3.63, 3.8) is 0 Å². The molecule has 0 aliphatic carbocycles. The lowest BCUT2D eigenvalue weighted by atomic mass is 9.86. The molecule has 0 N–H and O–H groups in total. The molecule has 26 heavy (non-hydrogen) atoms. The zero-order valence-electron chi connectivity index (χ0n) is 16.2. The Hall–Kier alpha value is -2.04. The van der Waals surface area contributed by atoms with Crippen LogP contribution in [0.3, 0.4) is 0 Å². The fourth-order valence-corrected chi connectivity index (χ4v) is 3.81. The lowest BCUT2D eigenvalue weighted by Crippen LogP contribution is -2.43. The van der Waals surface area contributed by atoms with E-state index >= 15 is 0 Å². The first kappa shape index (κ1) is 18.7. The molecule has 2 heterocycles. The standard InChI is InChI=1S/C21H30N2O3/c1-4-22(14-18(24)23-12-7-5-6-8-13-23)20(25)16-10-9-11-17-19(16)26-15-21(17,2)3/h9-11H,4-8,12-15H2,1-3H3. The summed E-state index contributed by atoms with van der Waals surface area (Å²) in [4.78, 5) is 29.4. The number of hydrogen-bond acceptors (Lipinski definition) is 3. The van der Waals surface area contributed by atoms with Crippen molar-refractivity contribution in [3.05, 3.63) is 29.3 Å². The van der Waals surface area contributed by atoms with Crippen LogP contribution in [0.25, 0.3) is 0 Å². The summed E-state index contributed by atoms with van der Waals surface area (Å²) in [5.41, 5.74) is 1.54. The molecule has 142 valence electrons. The highest BCUT2D eigenvalue weighted by Crippen LogP contribution is 2.40. The number of rotatable bonds is 4. The number of carbonyl (C=O) groups is 2. The van der Waals surface area contributed by atoms with Gasteiger partial charge in [-0.1, -0.05) is 38.8 Å². The Morgan fingerprint density at radius 3 is 2.50 bits per heavy atom. The zero-order chi connectivity index (χ0) is 18.7. The minimum atomic E-state index is -0.120. The maximum atomic E-state index is 13.1. The van der Waals surface area contributed by atoms with E-state index in [1.165, 1.54) is 12.8 Å². The number of carbonyl (C=O) groups excluding carboxylic acids is 2. The van der Waals surface area contributed by atoms with Gasteiger partial charge in [-0.3, -0.25) is 9.59 Å². The van der Waals surface area contributed by atoms with Crippen LogP contribution in [0.5, 0.6) is 5.75 Å². The van der Waals surface area contributed by atoms with Crippen LogP contribution in [-0.4, -0.2) is 54.4 Å². The van der Waals surface area contributed by atoms with Gasteiger partial charge in [0.05, 0.1) is 12.2 Å². The number of fused-ring (bicyclic) bond motifs is 1. The van der Waals surface area contributed by atoms with Crippen LogP contribution in [0.15, 0.2) is 18.2 Å². The monoisotopic (exact) mass is 358 g/mol. The van der Waals surface area contributed by atoms with Gasteiger partial charge < -0.3 is 14.5 Å². The van der Waals surface area contributed by atoms with E-state index < -0.39 is 0 Å².